The fraction of sp³-hybridized carbons (Fsp3) is 0.643. The van der Waals surface area contributed by atoms with Crippen LogP contribution in [0.3, 0.4) is 0 Å². The van der Waals surface area contributed by atoms with Crippen molar-refractivity contribution in [3.63, 3.8) is 0 Å². The number of amides is 2. The number of hydrogen-bond donors (Lipinski definition) is 1. The number of aryl methyl sites for hydroxylation is 1. The molecule has 20 heavy (non-hydrogen) atoms. The van der Waals surface area contributed by atoms with Crippen molar-refractivity contribution in [1.82, 2.24) is 20.0 Å². The van der Waals surface area contributed by atoms with E-state index in [9.17, 15) is 9.59 Å². The molecule has 108 valence electrons. The maximum absolute atomic E-state index is 12.6. The van der Waals surface area contributed by atoms with Crippen molar-refractivity contribution in [2.75, 3.05) is 0 Å². The summed E-state index contributed by atoms with van der Waals surface area (Å²) < 4.78 is 1.71. The zero-order valence-electron chi connectivity index (χ0n) is 11.9. The van der Waals surface area contributed by atoms with Crippen molar-refractivity contribution >= 4 is 11.8 Å². The quantitative estimate of drug-likeness (QED) is 0.867. The highest BCUT2D eigenvalue weighted by Gasteiger charge is 2.46. The number of hydrogen-bond acceptors (Lipinski definition) is 3. The molecule has 6 nitrogen and oxygen atoms in total. The highest BCUT2D eigenvalue weighted by molar-refractivity contribution is 5.97. The summed E-state index contributed by atoms with van der Waals surface area (Å²) in [5.41, 5.74) is 0.962. The number of nitrogens with one attached hydrogen (secondary N) is 1. The van der Waals surface area contributed by atoms with Crippen LogP contribution < -0.4 is 5.32 Å². The van der Waals surface area contributed by atoms with E-state index in [0.717, 1.165) is 18.4 Å². The van der Waals surface area contributed by atoms with Crippen molar-refractivity contribution in [1.29, 1.82) is 0 Å². The summed E-state index contributed by atoms with van der Waals surface area (Å²) in [5.74, 6) is 0.372. The average Bonchev–Trinajstić information content (AvgIpc) is 3.17. The van der Waals surface area contributed by atoms with Crippen molar-refractivity contribution in [2.24, 2.45) is 13.0 Å². The number of rotatable bonds is 4. The summed E-state index contributed by atoms with van der Waals surface area (Å²) in [4.78, 5) is 26.5. The van der Waals surface area contributed by atoms with Crippen LogP contribution in [0.5, 0.6) is 0 Å². The molecule has 6 heteroatoms. The Balaban J connectivity index is 1.82. The predicted octanol–water partition coefficient (Wildman–Crippen LogP) is 0.436. The largest absolute Gasteiger partial charge is 0.342 e. The number of carbonyl (C=O) groups is 2. The Bertz CT molecular complexity index is 535. The summed E-state index contributed by atoms with van der Waals surface area (Å²) in [6.07, 6.45) is 6.34. The SMILES string of the molecule is CCC1C(=O)NC(C2CC2)C(=O)N1Cc1cnn(C)c1. The van der Waals surface area contributed by atoms with E-state index >= 15 is 0 Å². The van der Waals surface area contributed by atoms with E-state index in [1.807, 2.05) is 20.2 Å². The zero-order chi connectivity index (χ0) is 14.3. The van der Waals surface area contributed by atoms with Crippen molar-refractivity contribution < 1.29 is 9.59 Å². The fourth-order valence-corrected chi connectivity index (χ4v) is 2.88. The smallest absolute Gasteiger partial charge is 0.246 e. The van der Waals surface area contributed by atoms with Crippen LogP contribution >= 0.6 is 0 Å². The molecule has 2 heterocycles. The van der Waals surface area contributed by atoms with Gasteiger partial charge in [0.05, 0.1) is 6.20 Å². The normalized spacial score (nSPS) is 26.8. The minimum absolute atomic E-state index is 0.0205. The molecule has 1 saturated carbocycles. The third-order valence-electron chi connectivity index (χ3n) is 4.12. The van der Waals surface area contributed by atoms with Gasteiger partial charge in [-0.15, -0.1) is 0 Å². The molecule has 1 N–H and O–H groups in total. The van der Waals surface area contributed by atoms with Gasteiger partial charge in [0.15, 0.2) is 0 Å². The van der Waals surface area contributed by atoms with E-state index in [2.05, 4.69) is 10.4 Å². The van der Waals surface area contributed by atoms with Crippen LogP contribution in [0.1, 0.15) is 31.7 Å². The molecule has 1 aromatic heterocycles. The first kappa shape index (κ1) is 13.1. The number of carbonyl (C=O) groups excluding carboxylic acids is 2. The molecule has 1 aliphatic carbocycles. The number of aromatic nitrogens is 2. The third kappa shape index (κ3) is 2.30. The van der Waals surface area contributed by atoms with Crippen LogP contribution in [0, 0.1) is 5.92 Å². The van der Waals surface area contributed by atoms with Crippen molar-refractivity contribution in [3.05, 3.63) is 18.0 Å². The van der Waals surface area contributed by atoms with Gasteiger partial charge in [-0.25, -0.2) is 0 Å². The van der Waals surface area contributed by atoms with Crippen LogP contribution in [-0.2, 0) is 23.2 Å². The summed E-state index contributed by atoms with van der Waals surface area (Å²) >= 11 is 0. The highest BCUT2D eigenvalue weighted by atomic mass is 16.2. The molecule has 1 aliphatic heterocycles. The first-order chi connectivity index (χ1) is 9.60. The summed E-state index contributed by atoms with van der Waals surface area (Å²) in [7, 11) is 1.85. The van der Waals surface area contributed by atoms with E-state index in [4.69, 9.17) is 0 Å². The van der Waals surface area contributed by atoms with Gasteiger partial charge in [-0.2, -0.15) is 5.10 Å². The lowest BCUT2D eigenvalue weighted by Gasteiger charge is -2.38. The minimum atomic E-state index is -0.363. The van der Waals surface area contributed by atoms with Gasteiger partial charge in [0.25, 0.3) is 0 Å². The first-order valence-corrected chi connectivity index (χ1v) is 7.18. The topological polar surface area (TPSA) is 67.2 Å². The first-order valence-electron chi connectivity index (χ1n) is 7.18. The standard InChI is InChI=1S/C14H20N4O2/c1-3-11-13(19)16-12(10-4-5-10)14(20)18(11)8-9-6-15-17(2)7-9/h6-7,10-12H,3-5,8H2,1-2H3,(H,16,19). The maximum atomic E-state index is 12.6. The summed E-state index contributed by atoms with van der Waals surface area (Å²) in [6.45, 7) is 2.40. The molecule has 1 saturated heterocycles. The minimum Gasteiger partial charge on any atom is -0.342 e. The molecule has 0 radical (unpaired) electrons. The Kier molecular flexibility index (Phi) is 3.23. The van der Waals surface area contributed by atoms with Crippen LogP contribution in [0.4, 0.5) is 0 Å². The molecule has 0 aromatic carbocycles. The second kappa shape index (κ2) is 4.92. The maximum Gasteiger partial charge on any atom is 0.246 e. The lowest BCUT2D eigenvalue weighted by molar-refractivity contribution is -0.150. The molecule has 2 amide bonds. The van der Waals surface area contributed by atoms with Crippen LogP contribution in [-0.4, -0.2) is 38.6 Å². The van der Waals surface area contributed by atoms with E-state index in [-0.39, 0.29) is 23.9 Å². The summed E-state index contributed by atoms with van der Waals surface area (Å²) in [6, 6.07) is -0.681. The highest BCUT2D eigenvalue weighted by Crippen LogP contribution is 2.35. The monoisotopic (exact) mass is 276 g/mol. The lowest BCUT2D eigenvalue weighted by atomic mass is 10.0. The van der Waals surface area contributed by atoms with Gasteiger partial charge in [-0.05, 0) is 25.2 Å². The zero-order valence-corrected chi connectivity index (χ0v) is 11.9. The molecule has 3 rings (SSSR count). The van der Waals surface area contributed by atoms with Gasteiger partial charge in [0, 0.05) is 25.4 Å². The van der Waals surface area contributed by atoms with Crippen LogP contribution in [0.25, 0.3) is 0 Å². The lowest BCUT2D eigenvalue weighted by Crippen LogP contribution is -2.63. The van der Waals surface area contributed by atoms with Gasteiger partial charge in [-0.1, -0.05) is 6.92 Å². The van der Waals surface area contributed by atoms with E-state index in [1.165, 1.54) is 0 Å². The Labute approximate surface area is 118 Å². The molecular formula is C14H20N4O2. The number of piperazine rings is 1. The summed E-state index contributed by atoms with van der Waals surface area (Å²) in [5, 5.41) is 7.02. The van der Waals surface area contributed by atoms with Gasteiger partial charge in [0.1, 0.15) is 12.1 Å². The Morgan fingerprint density at radius 2 is 2.15 bits per heavy atom. The van der Waals surface area contributed by atoms with Gasteiger partial charge in [-0.3, -0.25) is 14.3 Å². The van der Waals surface area contributed by atoms with Crippen molar-refractivity contribution in [2.45, 2.75) is 44.8 Å². The van der Waals surface area contributed by atoms with Gasteiger partial charge in [0.2, 0.25) is 11.8 Å². The molecule has 1 aromatic rings. The second-order valence-electron chi connectivity index (χ2n) is 5.74. The van der Waals surface area contributed by atoms with E-state index < -0.39 is 0 Å². The molecule has 2 fully saturated rings. The second-order valence-corrected chi connectivity index (χ2v) is 5.74. The molecule has 2 atom stereocenters. The molecule has 2 unspecified atom stereocenters. The van der Waals surface area contributed by atoms with Gasteiger partial charge >= 0.3 is 0 Å². The molecular weight excluding hydrogens is 256 g/mol. The van der Waals surface area contributed by atoms with Crippen LogP contribution in [0.15, 0.2) is 12.4 Å². The van der Waals surface area contributed by atoms with Gasteiger partial charge < -0.3 is 10.2 Å². The van der Waals surface area contributed by atoms with E-state index in [0.29, 0.717) is 18.9 Å². The Hall–Kier alpha value is -1.85. The van der Waals surface area contributed by atoms with Crippen molar-refractivity contribution in [3.8, 4) is 0 Å². The fourth-order valence-electron chi connectivity index (χ4n) is 2.88. The third-order valence-corrected chi connectivity index (χ3v) is 4.12. The average molecular weight is 276 g/mol. The molecule has 0 bridgehead atoms. The molecule has 2 aliphatic rings. The Morgan fingerprint density at radius 1 is 1.40 bits per heavy atom. The van der Waals surface area contributed by atoms with Crippen LogP contribution in [0.2, 0.25) is 0 Å². The molecule has 0 spiro atoms. The van der Waals surface area contributed by atoms with E-state index in [1.54, 1.807) is 15.8 Å². The predicted molar refractivity (Wildman–Crippen MR) is 72.5 cm³/mol. The Morgan fingerprint density at radius 3 is 2.70 bits per heavy atom. The number of nitrogens with zero attached hydrogens (tertiary/aromatic N) is 3.